The van der Waals surface area contributed by atoms with Crippen molar-refractivity contribution in [2.75, 3.05) is 6.61 Å². The minimum absolute atomic E-state index is 0.329. The van der Waals surface area contributed by atoms with Crippen molar-refractivity contribution in [3.8, 4) is 5.88 Å². The van der Waals surface area contributed by atoms with Gasteiger partial charge >= 0.3 is 5.88 Å². The molecule has 3 heteroatoms. The van der Waals surface area contributed by atoms with Crippen LogP contribution in [0.1, 0.15) is 6.92 Å². The van der Waals surface area contributed by atoms with Crippen LogP contribution < -0.4 is 9.47 Å². The van der Waals surface area contributed by atoms with Gasteiger partial charge < -0.3 is 9.94 Å². The summed E-state index contributed by atoms with van der Waals surface area (Å²) in [5.41, 5.74) is 0. The molecule has 1 rings (SSSR count). The summed E-state index contributed by atoms with van der Waals surface area (Å²) < 4.78 is 5.84. The fourth-order valence-electron chi connectivity index (χ4n) is 0.754. The van der Waals surface area contributed by atoms with E-state index in [1.807, 2.05) is 19.1 Å². The molecule has 0 atom stereocenters. The average Bonchev–Trinajstić information content (AvgIpc) is 2.09. The summed E-state index contributed by atoms with van der Waals surface area (Å²) in [4.78, 5) is 0. The van der Waals surface area contributed by atoms with Gasteiger partial charge in [0.25, 0.3) is 0 Å². The predicted octanol–water partition coefficient (Wildman–Crippen LogP) is 1.27. The molecule has 0 saturated carbocycles. The zero-order valence-corrected chi connectivity index (χ0v) is 6.93. The maximum absolute atomic E-state index is 11.0. The molecule has 0 spiro atoms. The summed E-state index contributed by atoms with van der Waals surface area (Å²) in [5, 5.41) is 11.0. The Morgan fingerprint density at radius 2 is 2.42 bits per heavy atom. The fraction of sp³-hybridized carbons (Fsp3) is 0.222. The molecule has 0 aliphatic heterocycles. The molecule has 1 aromatic heterocycles. The topological polar surface area (TPSA) is 36.2 Å². The smallest absolute Gasteiger partial charge is 0.379 e. The van der Waals surface area contributed by atoms with Gasteiger partial charge in [-0.3, -0.25) is 0 Å². The summed E-state index contributed by atoms with van der Waals surface area (Å²) in [6.45, 7) is 2.34. The van der Waals surface area contributed by atoms with E-state index in [9.17, 15) is 5.21 Å². The summed E-state index contributed by atoms with van der Waals surface area (Å²) in [5.74, 6) is 0.329. The zero-order chi connectivity index (χ0) is 8.81. The van der Waals surface area contributed by atoms with E-state index in [1.165, 1.54) is 6.20 Å². The Labute approximate surface area is 71.5 Å². The monoisotopic (exact) mass is 165 g/mol. The van der Waals surface area contributed by atoms with Gasteiger partial charge in [0, 0.05) is 6.07 Å². The third-order valence-electron chi connectivity index (χ3n) is 1.35. The number of ether oxygens (including phenoxy) is 1. The Morgan fingerprint density at radius 3 is 3.08 bits per heavy atom. The van der Waals surface area contributed by atoms with Crippen LogP contribution in [0, 0.1) is 5.21 Å². The first-order chi connectivity index (χ1) is 5.84. The second-order valence-electron chi connectivity index (χ2n) is 2.24. The van der Waals surface area contributed by atoms with Gasteiger partial charge in [-0.2, -0.15) is 0 Å². The molecule has 0 aliphatic carbocycles. The van der Waals surface area contributed by atoms with Crippen molar-refractivity contribution in [1.82, 2.24) is 0 Å². The van der Waals surface area contributed by atoms with Crippen molar-refractivity contribution in [3.63, 3.8) is 0 Å². The summed E-state index contributed by atoms with van der Waals surface area (Å²) in [6, 6.07) is 5.06. The highest BCUT2D eigenvalue weighted by molar-refractivity contribution is 5.03. The molecule has 0 radical (unpaired) electrons. The molecular formula is C9H11NO2. The Balaban J connectivity index is 2.57. The first-order valence-corrected chi connectivity index (χ1v) is 3.76. The second-order valence-corrected chi connectivity index (χ2v) is 2.24. The molecule has 0 fully saturated rings. The SMILES string of the molecule is C/C=C/COc1cccc[n+]1[O-]. The number of allylic oxidation sites excluding steroid dienone is 1. The minimum Gasteiger partial charge on any atom is -0.616 e. The molecule has 0 saturated heterocycles. The Hall–Kier alpha value is -1.51. The van der Waals surface area contributed by atoms with Gasteiger partial charge in [0.1, 0.15) is 6.61 Å². The predicted molar refractivity (Wildman–Crippen MR) is 45.7 cm³/mol. The maximum atomic E-state index is 11.0. The highest BCUT2D eigenvalue weighted by Gasteiger charge is 2.00. The standard InChI is InChI=1S/C9H11NO2/c1-2-3-8-12-9-6-4-5-7-10(9)11/h2-7H,8H2,1H3/b3-2+. The Morgan fingerprint density at radius 1 is 1.58 bits per heavy atom. The number of aromatic nitrogens is 1. The van der Waals surface area contributed by atoms with Gasteiger partial charge in [0.15, 0.2) is 6.20 Å². The van der Waals surface area contributed by atoms with Crippen LogP contribution in [-0.4, -0.2) is 6.61 Å². The van der Waals surface area contributed by atoms with E-state index in [-0.39, 0.29) is 0 Å². The van der Waals surface area contributed by atoms with Crippen LogP contribution in [0.2, 0.25) is 0 Å². The molecule has 0 aliphatic rings. The van der Waals surface area contributed by atoms with Gasteiger partial charge in [-0.25, -0.2) is 0 Å². The van der Waals surface area contributed by atoms with Crippen LogP contribution in [0.25, 0.3) is 0 Å². The molecule has 0 unspecified atom stereocenters. The van der Waals surface area contributed by atoms with E-state index in [1.54, 1.807) is 18.2 Å². The molecule has 0 aromatic carbocycles. The van der Waals surface area contributed by atoms with Gasteiger partial charge in [-0.1, -0.05) is 12.2 Å². The molecule has 1 heterocycles. The zero-order valence-electron chi connectivity index (χ0n) is 6.93. The van der Waals surface area contributed by atoms with Crippen LogP contribution >= 0.6 is 0 Å². The molecule has 3 nitrogen and oxygen atoms in total. The van der Waals surface area contributed by atoms with Gasteiger partial charge in [0.2, 0.25) is 0 Å². The van der Waals surface area contributed by atoms with Crippen LogP contribution in [-0.2, 0) is 0 Å². The van der Waals surface area contributed by atoms with E-state index in [0.717, 1.165) is 0 Å². The Bertz CT molecular complexity index is 271. The number of hydrogen-bond acceptors (Lipinski definition) is 2. The van der Waals surface area contributed by atoms with E-state index >= 15 is 0 Å². The quantitative estimate of drug-likeness (QED) is 0.384. The van der Waals surface area contributed by atoms with Crippen molar-refractivity contribution in [3.05, 3.63) is 41.8 Å². The van der Waals surface area contributed by atoms with Crippen molar-refractivity contribution in [2.45, 2.75) is 6.92 Å². The van der Waals surface area contributed by atoms with Crippen molar-refractivity contribution in [1.29, 1.82) is 0 Å². The molecule has 0 amide bonds. The molecule has 0 N–H and O–H groups in total. The summed E-state index contributed by atoms with van der Waals surface area (Å²) in [7, 11) is 0. The van der Waals surface area contributed by atoms with Crippen molar-refractivity contribution in [2.24, 2.45) is 0 Å². The second kappa shape index (κ2) is 4.38. The lowest BCUT2D eigenvalue weighted by atomic mass is 10.5. The van der Waals surface area contributed by atoms with Crippen LogP contribution in [0.15, 0.2) is 36.5 Å². The summed E-state index contributed by atoms with van der Waals surface area (Å²) >= 11 is 0. The lowest BCUT2D eigenvalue weighted by Crippen LogP contribution is -2.27. The maximum Gasteiger partial charge on any atom is 0.379 e. The lowest BCUT2D eigenvalue weighted by molar-refractivity contribution is -0.612. The van der Waals surface area contributed by atoms with Crippen LogP contribution in [0.5, 0.6) is 5.88 Å². The van der Waals surface area contributed by atoms with Gasteiger partial charge in [0.05, 0.1) is 6.07 Å². The normalized spacial score (nSPS) is 10.4. The molecular weight excluding hydrogens is 154 g/mol. The van der Waals surface area contributed by atoms with Gasteiger partial charge in [-0.05, 0) is 13.0 Å². The van der Waals surface area contributed by atoms with Crippen molar-refractivity contribution >= 4 is 0 Å². The number of rotatable bonds is 3. The van der Waals surface area contributed by atoms with E-state index in [0.29, 0.717) is 17.2 Å². The Kier molecular flexibility index (Phi) is 3.14. The van der Waals surface area contributed by atoms with Crippen LogP contribution in [0.3, 0.4) is 0 Å². The third-order valence-corrected chi connectivity index (χ3v) is 1.35. The molecule has 1 aromatic rings. The molecule has 0 bridgehead atoms. The van der Waals surface area contributed by atoms with E-state index in [2.05, 4.69) is 0 Å². The third kappa shape index (κ3) is 2.27. The lowest BCUT2D eigenvalue weighted by Gasteiger charge is -2.02. The van der Waals surface area contributed by atoms with Crippen molar-refractivity contribution < 1.29 is 9.47 Å². The van der Waals surface area contributed by atoms with E-state index < -0.39 is 0 Å². The highest BCUT2D eigenvalue weighted by atomic mass is 16.5. The summed E-state index contributed by atoms with van der Waals surface area (Å²) in [6.07, 6.45) is 5.12. The van der Waals surface area contributed by atoms with Gasteiger partial charge in [-0.15, -0.1) is 4.73 Å². The van der Waals surface area contributed by atoms with Crippen LogP contribution in [0.4, 0.5) is 0 Å². The first kappa shape index (κ1) is 8.59. The molecule has 64 valence electrons. The average molecular weight is 165 g/mol. The minimum atomic E-state index is 0.329. The fourth-order valence-corrected chi connectivity index (χ4v) is 0.754. The largest absolute Gasteiger partial charge is 0.616 e. The molecule has 12 heavy (non-hydrogen) atoms. The number of pyridine rings is 1. The highest BCUT2D eigenvalue weighted by Crippen LogP contribution is 1.99. The first-order valence-electron chi connectivity index (χ1n) is 3.76. The number of nitrogens with zero attached hydrogens (tertiary/aromatic N) is 1. The van der Waals surface area contributed by atoms with E-state index in [4.69, 9.17) is 4.74 Å². The number of hydrogen-bond donors (Lipinski definition) is 0.